The monoisotopic (exact) mass is 521 g/mol. The second-order valence-electron chi connectivity index (χ2n) is 10.9. The van der Waals surface area contributed by atoms with Crippen LogP contribution in [0.4, 0.5) is 17.1 Å². The fourth-order valence-corrected chi connectivity index (χ4v) is 6.22. The van der Waals surface area contributed by atoms with Crippen LogP contribution in [0.5, 0.6) is 0 Å². The van der Waals surface area contributed by atoms with Crippen LogP contribution in [0.1, 0.15) is 25.0 Å². The minimum atomic E-state index is -0.176. The Hall–Kier alpha value is -5.16. The molecule has 0 bridgehead atoms. The predicted molar refractivity (Wildman–Crippen MR) is 160 cm³/mol. The summed E-state index contributed by atoms with van der Waals surface area (Å²) < 4.78 is 12.2. The van der Waals surface area contributed by atoms with Gasteiger partial charge in [-0.3, -0.25) is 9.59 Å². The van der Waals surface area contributed by atoms with E-state index in [2.05, 4.69) is 55.1 Å². The van der Waals surface area contributed by atoms with E-state index in [1.54, 1.807) is 30.3 Å². The topological polar surface area (TPSA) is 63.7 Å². The highest BCUT2D eigenvalue weighted by molar-refractivity contribution is 6.01. The lowest BCUT2D eigenvalue weighted by molar-refractivity contribution is 0.632. The van der Waals surface area contributed by atoms with E-state index >= 15 is 0 Å². The summed E-state index contributed by atoms with van der Waals surface area (Å²) in [4.78, 5) is 29.3. The van der Waals surface area contributed by atoms with Crippen molar-refractivity contribution < 1.29 is 8.83 Å². The largest absolute Gasteiger partial charge is 0.456 e. The zero-order valence-corrected chi connectivity index (χ0v) is 21.9. The molecule has 2 aromatic heterocycles. The van der Waals surface area contributed by atoms with Crippen LogP contribution in [0.25, 0.3) is 43.9 Å². The number of rotatable bonds is 1. The summed E-state index contributed by atoms with van der Waals surface area (Å²) in [6, 6.07) is 32.9. The van der Waals surface area contributed by atoms with Gasteiger partial charge in [0.1, 0.15) is 22.3 Å². The maximum Gasteiger partial charge on any atom is 0.200 e. The third-order valence-electron chi connectivity index (χ3n) is 8.25. The van der Waals surface area contributed by atoms with Gasteiger partial charge in [0.15, 0.2) is 0 Å². The van der Waals surface area contributed by atoms with E-state index in [0.29, 0.717) is 43.9 Å². The lowest BCUT2D eigenvalue weighted by atomic mass is 9.73. The Morgan fingerprint density at radius 3 is 1.68 bits per heavy atom. The second-order valence-corrected chi connectivity index (χ2v) is 10.9. The maximum atomic E-state index is 13.9. The number of benzene rings is 5. The van der Waals surface area contributed by atoms with Gasteiger partial charge in [-0.05, 0) is 65.7 Å². The fourth-order valence-electron chi connectivity index (χ4n) is 6.22. The molecular weight excluding hydrogens is 498 g/mol. The lowest BCUT2D eigenvalue weighted by Gasteiger charge is -2.42. The molecule has 0 aliphatic carbocycles. The second kappa shape index (κ2) is 7.93. The Labute approximate surface area is 228 Å². The Kier molecular flexibility index (Phi) is 4.52. The summed E-state index contributed by atoms with van der Waals surface area (Å²) in [5.74, 6) is 0. The Morgan fingerprint density at radius 1 is 0.525 bits per heavy atom. The normalized spacial score (nSPS) is 14.1. The maximum absolute atomic E-state index is 13.9. The minimum absolute atomic E-state index is 0.151. The van der Waals surface area contributed by atoms with Crippen LogP contribution in [-0.4, -0.2) is 0 Å². The van der Waals surface area contributed by atoms with Crippen molar-refractivity contribution in [2.24, 2.45) is 0 Å². The molecule has 0 radical (unpaired) electrons. The van der Waals surface area contributed by atoms with Crippen LogP contribution in [0, 0.1) is 0 Å². The lowest BCUT2D eigenvalue weighted by Crippen LogP contribution is -2.30. The van der Waals surface area contributed by atoms with E-state index in [9.17, 15) is 9.59 Å². The average Bonchev–Trinajstić information content (AvgIpc) is 2.97. The molecule has 3 heterocycles. The van der Waals surface area contributed by atoms with Gasteiger partial charge < -0.3 is 13.7 Å². The molecule has 192 valence electrons. The van der Waals surface area contributed by atoms with Crippen LogP contribution in [0.2, 0.25) is 0 Å². The summed E-state index contributed by atoms with van der Waals surface area (Å²) in [6.45, 7) is 4.49. The molecule has 1 aliphatic rings. The molecule has 8 rings (SSSR count). The highest BCUT2D eigenvalue weighted by Crippen LogP contribution is 2.51. The van der Waals surface area contributed by atoms with Gasteiger partial charge in [0.25, 0.3) is 0 Å². The summed E-state index contributed by atoms with van der Waals surface area (Å²) in [7, 11) is 0. The van der Waals surface area contributed by atoms with Gasteiger partial charge in [-0.2, -0.15) is 0 Å². The van der Waals surface area contributed by atoms with E-state index in [4.69, 9.17) is 8.83 Å². The van der Waals surface area contributed by atoms with Crippen LogP contribution in [0.15, 0.2) is 122 Å². The SMILES string of the molecule is CC1(C)c2ccccc2N(c2ccc3oc4cc5c(=O)c6ccccc6oc5cc4c(=O)c3c2)c2ccccc21. The molecular formula is C35H23NO4. The molecule has 5 heteroatoms. The fraction of sp³-hybridized carbons (Fsp3) is 0.0857. The average molecular weight is 522 g/mol. The zero-order valence-electron chi connectivity index (χ0n) is 21.9. The first-order valence-corrected chi connectivity index (χ1v) is 13.3. The van der Waals surface area contributed by atoms with Crippen LogP contribution < -0.4 is 15.8 Å². The highest BCUT2D eigenvalue weighted by Gasteiger charge is 2.36. The van der Waals surface area contributed by atoms with Crippen molar-refractivity contribution in [1.29, 1.82) is 0 Å². The van der Waals surface area contributed by atoms with Gasteiger partial charge in [0.2, 0.25) is 10.9 Å². The molecule has 0 unspecified atom stereocenters. The molecule has 5 nitrogen and oxygen atoms in total. The van der Waals surface area contributed by atoms with Crippen molar-refractivity contribution in [3.8, 4) is 0 Å². The van der Waals surface area contributed by atoms with Crippen LogP contribution >= 0.6 is 0 Å². The molecule has 7 aromatic rings. The van der Waals surface area contributed by atoms with Crippen molar-refractivity contribution in [2.45, 2.75) is 19.3 Å². The molecule has 0 saturated carbocycles. The van der Waals surface area contributed by atoms with Crippen molar-refractivity contribution in [3.63, 3.8) is 0 Å². The summed E-state index contributed by atoms with van der Waals surface area (Å²) in [5.41, 5.74) is 6.62. The molecule has 0 saturated heterocycles. The molecule has 0 N–H and O–H groups in total. The van der Waals surface area contributed by atoms with E-state index in [0.717, 1.165) is 17.1 Å². The molecule has 40 heavy (non-hydrogen) atoms. The Morgan fingerprint density at radius 2 is 1.02 bits per heavy atom. The van der Waals surface area contributed by atoms with Crippen LogP contribution in [-0.2, 0) is 5.41 Å². The van der Waals surface area contributed by atoms with Crippen LogP contribution in [0.3, 0.4) is 0 Å². The number of anilines is 3. The smallest absolute Gasteiger partial charge is 0.200 e. The van der Waals surface area contributed by atoms with Crippen molar-refractivity contribution in [2.75, 3.05) is 4.90 Å². The number of hydrogen-bond donors (Lipinski definition) is 0. The van der Waals surface area contributed by atoms with Gasteiger partial charge in [0, 0.05) is 11.1 Å². The molecule has 0 spiro atoms. The van der Waals surface area contributed by atoms with Gasteiger partial charge in [0.05, 0.1) is 32.9 Å². The van der Waals surface area contributed by atoms with Crippen molar-refractivity contribution in [3.05, 3.63) is 135 Å². The standard InChI is InChI=1S/C35H23NO4/c1-35(2)25-10-4-6-12-27(25)36(28-13-7-5-11-26(28)35)20-15-16-30-22(17-20)34(38)24-19-31-23(18-32(24)40-30)33(37)21-9-3-8-14-29(21)39-31/h3-19H,1-2H3. The van der Waals surface area contributed by atoms with E-state index in [1.807, 2.05) is 36.4 Å². The summed E-state index contributed by atoms with van der Waals surface area (Å²) in [6.07, 6.45) is 0. The van der Waals surface area contributed by atoms with E-state index in [1.165, 1.54) is 11.1 Å². The van der Waals surface area contributed by atoms with Crippen molar-refractivity contribution in [1.82, 2.24) is 0 Å². The summed E-state index contributed by atoms with van der Waals surface area (Å²) >= 11 is 0. The molecule has 1 aliphatic heterocycles. The third-order valence-corrected chi connectivity index (χ3v) is 8.25. The van der Waals surface area contributed by atoms with E-state index < -0.39 is 0 Å². The quantitative estimate of drug-likeness (QED) is 0.203. The van der Waals surface area contributed by atoms with E-state index in [-0.39, 0.29) is 16.3 Å². The predicted octanol–water partition coefficient (Wildman–Crippen LogP) is 8.31. The molecule has 0 amide bonds. The Balaban J connectivity index is 1.39. The third kappa shape index (κ3) is 3.03. The van der Waals surface area contributed by atoms with Crippen molar-refractivity contribution >= 4 is 60.9 Å². The number of hydrogen-bond acceptors (Lipinski definition) is 5. The first-order valence-electron chi connectivity index (χ1n) is 13.3. The van der Waals surface area contributed by atoms with Gasteiger partial charge >= 0.3 is 0 Å². The highest BCUT2D eigenvalue weighted by atomic mass is 16.3. The molecule has 0 atom stereocenters. The van der Waals surface area contributed by atoms with Gasteiger partial charge in [-0.25, -0.2) is 0 Å². The van der Waals surface area contributed by atoms with Gasteiger partial charge in [-0.1, -0.05) is 62.4 Å². The number of para-hydroxylation sites is 3. The summed E-state index contributed by atoms with van der Waals surface area (Å²) in [5, 5.41) is 1.71. The molecule has 5 aromatic carbocycles. The number of fused-ring (bicyclic) bond motifs is 6. The molecule has 0 fully saturated rings. The number of nitrogens with zero attached hydrogens (tertiary/aromatic N) is 1. The Bertz CT molecular complexity index is 2260. The van der Waals surface area contributed by atoms with Gasteiger partial charge in [-0.15, -0.1) is 0 Å². The first kappa shape index (κ1) is 22.8. The first-order chi connectivity index (χ1) is 19.4. The minimum Gasteiger partial charge on any atom is -0.456 e. The zero-order chi connectivity index (χ0) is 27.2.